The highest BCUT2D eigenvalue weighted by Crippen LogP contribution is 2.09. The number of esters is 2. The van der Waals surface area contributed by atoms with Crippen LogP contribution in [0.15, 0.2) is 12.2 Å². The molecule has 4 nitrogen and oxygen atoms in total. The van der Waals surface area contributed by atoms with E-state index >= 15 is 0 Å². The topological polar surface area (TPSA) is 69.4 Å². The van der Waals surface area contributed by atoms with E-state index in [9.17, 15) is 9.59 Å². The summed E-state index contributed by atoms with van der Waals surface area (Å²) in [4.78, 5) is 22.0. The fourth-order valence-electron chi connectivity index (χ4n) is 2.21. The van der Waals surface area contributed by atoms with Crippen LogP contribution in [0.2, 0.25) is 0 Å². The summed E-state index contributed by atoms with van der Waals surface area (Å²) in [6, 6.07) is 0. The molecule has 0 atom stereocenters. The van der Waals surface area contributed by atoms with E-state index in [1.165, 1.54) is 44.9 Å². The van der Waals surface area contributed by atoms with Crippen LogP contribution in [0.4, 0.5) is 0 Å². The van der Waals surface area contributed by atoms with E-state index < -0.39 is 11.9 Å². The Morgan fingerprint density at radius 1 is 0.818 bits per heavy atom. The van der Waals surface area contributed by atoms with Gasteiger partial charge in [0.2, 0.25) is 0 Å². The van der Waals surface area contributed by atoms with Crippen molar-refractivity contribution in [3.63, 3.8) is 0 Å². The smallest absolute Gasteiger partial charge is 0.327 e. The Morgan fingerprint density at radius 3 is 1.95 bits per heavy atom. The maximum absolute atomic E-state index is 11.2. The van der Waals surface area contributed by atoms with Crippen molar-refractivity contribution in [1.82, 2.24) is 0 Å². The average molecular weight is 311 g/mol. The van der Waals surface area contributed by atoms with E-state index in [0.29, 0.717) is 6.42 Å². The molecule has 0 aliphatic heterocycles. The van der Waals surface area contributed by atoms with E-state index in [1.54, 1.807) is 0 Å². The van der Waals surface area contributed by atoms with Crippen molar-refractivity contribution in [3.8, 4) is 0 Å². The third kappa shape index (κ3) is 15.2. The normalized spacial score (nSPS) is 11.0. The lowest BCUT2D eigenvalue weighted by atomic mass is 10.1. The lowest BCUT2D eigenvalue weighted by molar-refractivity contribution is -0.158. The first kappa shape index (κ1) is 20.8. The molecule has 0 aromatic carbocycles. The van der Waals surface area contributed by atoms with E-state index in [-0.39, 0.29) is 6.54 Å². The summed E-state index contributed by atoms with van der Waals surface area (Å²) >= 11 is 0. The minimum atomic E-state index is -0.647. The molecule has 0 rings (SSSR count). The van der Waals surface area contributed by atoms with Crippen LogP contribution in [0, 0.1) is 0 Å². The van der Waals surface area contributed by atoms with Crippen molar-refractivity contribution >= 4 is 11.9 Å². The first-order chi connectivity index (χ1) is 10.7. The van der Waals surface area contributed by atoms with Crippen LogP contribution in [0.25, 0.3) is 0 Å². The zero-order chi connectivity index (χ0) is 16.5. The van der Waals surface area contributed by atoms with Crippen molar-refractivity contribution in [2.45, 2.75) is 84.0 Å². The molecule has 0 heterocycles. The monoisotopic (exact) mass is 311 g/mol. The van der Waals surface area contributed by atoms with Crippen LogP contribution in [-0.4, -0.2) is 18.5 Å². The molecule has 0 spiro atoms. The van der Waals surface area contributed by atoms with Crippen molar-refractivity contribution in [2.24, 2.45) is 5.73 Å². The molecular weight excluding hydrogens is 278 g/mol. The molecule has 22 heavy (non-hydrogen) atoms. The summed E-state index contributed by atoms with van der Waals surface area (Å²) in [6.07, 6.45) is 17.9. The highest BCUT2D eigenvalue weighted by atomic mass is 16.6. The zero-order valence-corrected chi connectivity index (χ0v) is 14.1. The van der Waals surface area contributed by atoms with Gasteiger partial charge in [-0.15, -0.1) is 0 Å². The van der Waals surface area contributed by atoms with Gasteiger partial charge < -0.3 is 10.5 Å². The Labute approximate surface area is 135 Å². The van der Waals surface area contributed by atoms with Crippen LogP contribution in [-0.2, 0) is 14.3 Å². The number of carbonyl (C=O) groups is 2. The van der Waals surface area contributed by atoms with Gasteiger partial charge in [-0.1, -0.05) is 57.6 Å². The van der Waals surface area contributed by atoms with E-state index in [1.807, 2.05) is 0 Å². The number of allylic oxidation sites excluding steroid dienone is 2. The average Bonchev–Trinajstić information content (AvgIpc) is 2.51. The number of nitrogens with two attached hydrogens (primary N) is 1. The van der Waals surface area contributed by atoms with Gasteiger partial charge in [0.1, 0.15) is 0 Å². The maximum Gasteiger partial charge on any atom is 0.327 e. The Morgan fingerprint density at radius 2 is 1.36 bits per heavy atom. The standard InChI is InChI=1S/C18H33NO3/c1-2-3-4-5-6-7-8-9-10-11-12-13-14-15-17(20)22-18(21)16-19/h7-8H,2-6,9-16,19H2,1H3. The third-order valence-electron chi connectivity index (χ3n) is 3.54. The van der Waals surface area contributed by atoms with Crippen molar-refractivity contribution in [1.29, 1.82) is 0 Å². The van der Waals surface area contributed by atoms with Crippen LogP contribution >= 0.6 is 0 Å². The van der Waals surface area contributed by atoms with Crippen LogP contribution in [0.5, 0.6) is 0 Å². The molecule has 0 aliphatic rings. The molecule has 0 unspecified atom stereocenters. The van der Waals surface area contributed by atoms with Gasteiger partial charge in [-0.3, -0.25) is 9.59 Å². The minimum Gasteiger partial charge on any atom is -0.392 e. The molecule has 0 saturated heterocycles. The molecule has 0 aliphatic carbocycles. The maximum atomic E-state index is 11.2. The SMILES string of the molecule is CCCCCCC=CCCCCCCCC(=O)OC(=O)CN. The second-order valence-corrected chi connectivity index (χ2v) is 5.68. The van der Waals surface area contributed by atoms with Crippen LogP contribution in [0.3, 0.4) is 0 Å². The molecule has 0 amide bonds. The summed E-state index contributed by atoms with van der Waals surface area (Å²) < 4.78 is 4.49. The predicted molar refractivity (Wildman–Crippen MR) is 90.4 cm³/mol. The highest BCUT2D eigenvalue weighted by molar-refractivity contribution is 5.86. The number of unbranched alkanes of at least 4 members (excludes halogenated alkanes) is 9. The predicted octanol–water partition coefficient (Wildman–Crippen LogP) is 4.27. The van der Waals surface area contributed by atoms with Gasteiger partial charge in [-0.2, -0.15) is 0 Å². The molecular formula is C18H33NO3. The molecule has 128 valence electrons. The molecule has 0 radical (unpaired) electrons. The number of ether oxygens (including phenoxy) is 1. The summed E-state index contributed by atoms with van der Waals surface area (Å²) in [5.41, 5.74) is 5.06. The van der Waals surface area contributed by atoms with Gasteiger partial charge in [0.05, 0.1) is 6.54 Å². The molecule has 0 fully saturated rings. The van der Waals surface area contributed by atoms with Gasteiger partial charge in [-0.05, 0) is 32.1 Å². The Balaban J connectivity index is 3.25. The summed E-state index contributed by atoms with van der Waals surface area (Å²) in [5.74, 6) is -1.10. The second-order valence-electron chi connectivity index (χ2n) is 5.68. The lowest BCUT2D eigenvalue weighted by Gasteiger charge is -2.01. The first-order valence-corrected chi connectivity index (χ1v) is 8.79. The third-order valence-corrected chi connectivity index (χ3v) is 3.54. The van der Waals surface area contributed by atoms with Crippen LogP contribution in [0.1, 0.15) is 84.0 Å². The summed E-state index contributed by atoms with van der Waals surface area (Å²) in [7, 11) is 0. The Hall–Kier alpha value is -1.16. The molecule has 2 N–H and O–H groups in total. The molecule has 0 aromatic heterocycles. The highest BCUT2D eigenvalue weighted by Gasteiger charge is 2.07. The molecule has 4 heteroatoms. The van der Waals surface area contributed by atoms with E-state index in [2.05, 4.69) is 23.8 Å². The van der Waals surface area contributed by atoms with Gasteiger partial charge in [-0.25, -0.2) is 0 Å². The first-order valence-electron chi connectivity index (χ1n) is 8.79. The molecule has 0 bridgehead atoms. The summed E-state index contributed by atoms with van der Waals surface area (Å²) in [6.45, 7) is 2.00. The van der Waals surface area contributed by atoms with Gasteiger partial charge in [0.25, 0.3) is 0 Å². The van der Waals surface area contributed by atoms with Gasteiger partial charge in [0, 0.05) is 6.42 Å². The zero-order valence-electron chi connectivity index (χ0n) is 14.1. The number of carbonyl (C=O) groups excluding carboxylic acids is 2. The van der Waals surface area contributed by atoms with Crippen molar-refractivity contribution < 1.29 is 14.3 Å². The molecule has 0 aromatic rings. The number of hydrogen-bond donors (Lipinski definition) is 1. The Kier molecular flexibility index (Phi) is 15.4. The largest absolute Gasteiger partial charge is 0.392 e. The summed E-state index contributed by atoms with van der Waals surface area (Å²) in [5, 5.41) is 0. The van der Waals surface area contributed by atoms with E-state index in [0.717, 1.165) is 25.7 Å². The fraction of sp³-hybridized carbons (Fsp3) is 0.778. The number of hydrogen-bond acceptors (Lipinski definition) is 4. The van der Waals surface area contributed by atoms with Crippen molar-refractivity contribution in [2.75, 3.05) is 6.54 Å². The van der Waals surface area contributed by atoms with Crippen molar-refractivity contribution in [3.05, 3.63) is 12.2 Å². The van der Waals surface area contributed by atoms with Gasteiger partial charge in [0.15, 0.2) is 0 Å². The minimum absolute atomic E-state index is 0.238. The number of rotatable bonds is 14. The van der Waals surface area contributed by atoms with E-state index in [4.69, 9.17) is 5.73 Å². The van der Waals surface area contributed by atoms with Gasteiger partial charge >= 0.3 is 11.9 Å². The fourth-order valence-corrected chi connectivity index (χ4v) is 2.21. The Bertz CT molecular complexity index is 313. The van der Waals surface area contributed by atoms with Crippen LogP contribution < -0.4 is 5.73 Å². The molecule has 0 saturated carbocycles. The lowest BCUT2D eigenvalue weighted by Crippen LogP contribution is -2.20. The second kappa shape index (κ2) is 16.2. The quantitative estimate of drug-likeness (QED) is 0.225.